The van der Waals surface area contributed by atoms with Crippen LogP contribution in [0.3, 0.4) is 0 Å². The number of aromatic nitrogens is 2. The Labute approximate surface area is 196 Å². The second-order valence-electron chi connectivity index (χ2n) is 8.55. The third-order valence-corrected chi connectivity index (χ3v) is 6.48. The first kappa shape index (κ1) is 22.1. The van der Waals surface area contributed by atoms with Crippen molar-refractivity contribution in [3.8, 4) is 11.1 Å². The predicted octanol–water partition coefficient (Wildman–Crippen LogP) is 3.63. The number of carbonyl (C=O) groups excluding carboxylic acids is 1. The summed E-state index contributed by atoms with van der Waals surface area (Å²) in [5, 5.41) is 15.9. The molecule has 1 aromatic heterocycles. The number of nitrogens with zero attached hydrogens (tertiary/aromatic N) is 2. The Bertz CT molecular complexity index is 1160. The highest BCUT2D eigenvalue weighted by molar-refractivity contribution is 5.79. The number of aryl methyl sites for hydroxylation is 1. The van der Waals surface area contributed by atoms with Crippen LogP contribution in [0.1, 0.15) is 48.0 Å². The molecule has 1 fully saturated rings. The maximum absolute atomic E-state index is 13.0. The van der Waals surface area contributed by atoms with E-state index >= 15 is 0 Å². The maximum Gasteiger partial charge on any atom is 0.407 e. The molecule has 0 unspecified atom stereocenters. The standard InChI is InChI=1S/C25H25N3O6/c29-22(30)10-9-21-26-23(28-34-21)25(11-13-32-14-12-25)27-24(31)33-15-20-18-7-3-1-5-16(18)17-6-2-4-8-19(17)20/h1-8,20H,9-15H2,(H,27,31)(H,29,30). The first-order valence-electron chi connectivity index (χ1n) is 11.3. The van der Waals surface area contributed by atoms with E-state index in [2.05, 4.69) is 39.7 Å². The Balaban J connectivity index is 1.30. The van der Waals surface area contributed by atoms with E-state index in [1.807, 2.05) is 24.3 Å². The van der Waals surface area contributed by atoms with Crippen molar-refractivity contribution in [1.29, 1.82) is 0 Å². The van der Waals surface area contributed by atoms with Gasteiger partial charge in [-0.15, -0.1) is 0 Å². The Morgan fingerprint density at radius 1 is 1.06 bits per heavy atom. The number of carboxylic acids is 1. The van der Waals surface area contributed by atoms with Crippen LogP contribution in [0.4, 0.5) is 4.79 Å². The van der Waals surface area contributed by atoms with Gasteiger partial charge in [-0.25, -0.2) is 4.79 Å². The topological polar surface area (TPSA) is 124 Å². The fourth-order valence-electron chi connectivity index (χ4n) is 4.72. The number of aliphatic carboxylic acids is 1. The van der Waals surface area contributed by atoms with Crippen molar-refractivity contribution in [2.75, 3.05) is 19.8 Å². The average Bonchev–Trinajstić information content (AvgIpc) is 3.46. The van der Waals surface area contributed by atoms with Gasteiger partial charge in [-0.05, 0) is 22.3 Å². The number of amides is 1. The third kappa shape index (κ3) is 4.26. The highest BCUT2D eigenvalue weighted by Crippen LogP contribution is 2.44. The van der Waals surface area contributed by atoms with Gasteiger partial charge in [-0.1, -0.05) is 53.7 Å². The van der Waals surface area contributed by atoms with E-state index in [-0.39, 0.29) is 31.3 Å². The second kappa shape index (κ2) is 9.26. The lowest BCUT2D eigenvalue weighted by Gasteiger charge is -2.34. The number of carbonyl (C=O) groups is 2. The molecule has 3 aromatic rings. The van der Waals surface area contributed by atoms with Crippen molar-refractivity contribution in [2.45, 2.75) is 37.1 Å². The number of ether oxygens (including phenoxy) is 2. The Kier molecular flexibility index (Phi) is 6.02. The van der Waals surface area contributed by atoms with Crippen LogP contribution in [0.5, 0.6) is 0 Å². The van der Waals surface area contributed by atoms with E-state index in [9.17, 15) is 9.59 Å². The average molecular weight is 463 g/mol. The lowest BCUT2D eigenvalue weighted by Crippen LogP contribution is -2.50. The molecule has 2 aromatic carbocycles. The molecular formula is C25H25N3O6. The van der Waals surface area contributed by atoms with Gasteiger partial charge in [0.1, 0.15) is 12.1 Å². The fourth-order valence-corrected chi connectivity index (χ4v) is 4.72. The van der Waals surface area contributed by atoms with Crippen LogP contribution in [0.25, 0.3) is 11.1 Å². The molecule has 176 valence electrons. The Morgan fingerprint density at radius 3 is 2.35 bits per heavy atom. The summed E-state index contributed by atoms with van der Waals surface area (Å²) >= 11 is 0. The smallest absolute Gasteiger partial charge is 0.407 e. The summed E-state index contributed by atoms with van der Waals surface area (Å²) in [6.07, 6.45) is 0.349. The van der Waals surface area contributed by atoms with Gasteiger partial charge in [0.2, 0.25) is 5.89 Å². The minimum atomic E-state index is -0.947. The van der Waals surface area contributed by atoms with E-state index < -0.39 is 17.6 Å². The molecule has 0 bridgehead atoms. The Morgan fingerprint density at radius 2 is 1.71 bits per heavy atom. The van der Waals surface area contributed by atoms with Crippen molar-refractivity contribution in [3.05, 3.63) is 71.4 Å². The van der Waals surface area contributed by atoms with Crippen LogP contribution in [0.2, 0.25) is 0 Å². The van der Waals surface area contributed by atoms with E-state index in [4.69, 9.17) is 19.1 Å². The summed E-state index contributed by atoms with van der Waals surface area (Å²) in [6.45, 7) is 1.04. The number of alkyl carbamates (subject to hydrolysis) is 1. The van der Waals surface area contributed by atoms with E-state index in [1.54, 1.807) is 0 Å². The van der Waals surface area contributed by atoms with Crippen molar-refractivity contribution >= 4 is 12.1 Å². The quantitative estimate of drug-likeness (QED) is 0.544. The molecule has 2 aliphatic rings. The summed E-state index contributed by atoms with van der Waals surface area (Å²) in [5.41, 5.74) is 3.70. The van der Waals surface area contributed by atoms with Crippen LogP contribution in [-0.4, -0.2) is 47.1 Å². The zero-order valence-corrected chi connectivity index (χ0v) is 18.5. The first-order valence-corrected chi connectivity index (χ1v) is 11.3. The molecule has 9 nitrogen and oxygen atoms in total. The van der Waals surface area contributed by atoms with Crippen molar-refractivity contribution < 1.29 is 28.7 Å². The summed E-state index contributed by atoms with van der Waals surface area (Å²) < 4.78 is 16.4. The van der Waals surface area contributed by atoms with Crippen LogP contribution >= 0.6 is 0 Å². The first-order chi connectivity index (χ1) is 16.6. The van der Waals surface area contributed by atoms with Gasteiger partial charge in [-0.3, -0.25) is 4.79 Å². The minimum Gasteiger partial charge on any atom is -0.481 e. The number of fused-ring (bicyclic) bond motifs is 3. The summed E-state index contributed by atoms with van der Waals surface area (Å²) in [6, 6.07) is 16.3. The normalized spacial score (nSPS) is 16.5. The van der Waals surface area contributed by atoms with Crippen molar-refractivity contribution in [3.63, 3.8) is 0 Å². The molecule has 2 heterocycles. The molecule has 34 heavy (non-hydrogen) atoms. The largest absolute Gasteiger partial charge is 0.481 e. The fraction of sp³-hybridized carbons (Fsp3) is 0.360. The molecule has 5 rings (SSSR count). The van der Waals surface area contributed by atoms with Crippen LogP contribution < -0.4 is 5.32 Å². The molecule has 0 radical (unpaired) electrons. The number of benzene rings is 2. The van der Waals surface area contributed by atoms with Crippen LogP contribution in [0.15, 0.2) is 53.1 Å². The van der Waals surface area contributed by atoms with Gasteiger partial charge in [0.05, 0.1) is 6.42 Å². The van der Waals surface area contributed by atoms with Crippen LogP contribution in [-0.2, 0) is 26.2 Å². The van der Waals surface area contributed by atoms with E-state index in [0.29, 0.717) is 31.9 Å². The highest BCUT2D eigenvalue weighted by Gasteiger charge is 2.41. The molecule has 0 spiro atoms. The monoisotopic (exact) mass is 463 g/mol. The van der Waals surface area contributed by atoms with Gasteiger partial charge < -0.3 is 24.4 Å². The minimum absolute atomic E-state index is 0.0448. The molecule has 0 atom stereocenters. The van der Waals surface area contributed by atoms with Crippen molar-refractivity contribution in [2.24, 2.45) is 0 Å². The SMILES string of the molecule is O=C(O)CCc1nc(C2(NC(=O)OCC3c4ccccc4-c4ccccc43)CCOCC2)no1. The summed E-state index contributed by atoms with van der Waals surface area (Å²) in [7, 11) is 0. The molecule has 9 heteroatoms. The predicted molar refractivity (Wildman–Crippen MR) is 120 cm³/mol. The van der Waals surface area contributed by atoms with Gasteiger partial charge in [0.25, 0.3) is 0 Å². The van der Waals surface area contributed by atoms with Gasteiger partial charge in [0, 0.05) is 38.4 Å². The Hall–Kier alpha value is -3.72. The van der Waals surface area contributed by atoms with Crippen molar-refractivity contribution in [1.82, 2.24) is 15.5 Å². The lowest BCUT2D eigenvalue weighted by molar-refractivity contribution is -0.137. The highest BCUT2D eigenvalue weighted by atomic mass is 16.5. The van der Waals surface area contributed by atoms with Gasteiger partial charge in [0.15, 0.2) is 5.82 Å². The molecule has 2 N–H and O–H groups in total. The number of carboxylic acid groups (broad SMARTS) is 1. The number of hydrogen-bond donors (Lipinski definition) is 2. The van der Waals surface area contributed by atoms with E-state index in [1.165, 1.54) is 0 Å². The summed E-state index contributed by atoms with van der Waals surface area (Å²) in [5.74, 6) is -0.462. The van der Waals surface area contributed by atoms with Crippen LogP contribution in [0, 0.1) is 0 Å². The maximum atomic E-state index is 13.0. The number of hydrogen-bond acceptors (Lipinski definition) is 7. The number of nitrogens with one attached hydrogen (secondary N) is 1. The molecule has 1 aliphatic heterocycles. The zero-order valence-electron chi connectivity index (χ0n) is 18.5. The third-order valence-electron chi connectivity index (χ3n) is 6.48. The molecule has 1 aliphatic carbocycles. The molecular weight excluding hydrogens is 438 g/mol. The second-order valence-corrected chi connectivity index (χ2v) is 8.55. The molecule has 1 amide bonds. The van der Waals surface area contributed by atoms with E-state index in [0.717, 1.165) is 22.3 Å². The lowest BCUT2D eigenvalue weighted by atomic mass is 9.89. The summed E-state index contributed by atoms with van der Waals surface area (Å²) in [4.78, 5) is 28.2. The number of rotatable bonds is 7. The molecule has 1 saturated heterocycles. The van der Waals surface area contributed by atoms with Gasteiger partial charge >= 0.3 is 12.1 Å². The van der Waals surface area contributed by atoms with Gasteiger partial charge in [-0.2, -0.15) is 4.98 Å². The zero-order chi connectivity index (χ0) is 23.5. The molecule has 0 saturated carbocycles.